The molecular formula is C12H12N4O2S2. The largest absolute Gasteiger partial charge is 0.389 e. The molecule has 8 heteroatoms. The number of nitrogens with two attached hydrogens (primary N) is 1. The summed E-state index contributed by atoms with van der Waals surface area (Å²) in [6.45, 7) is 0.0660. The maximum Gasteiger partial charge on any atom is 0.241 e. The summed E-state index contributed by atoms with van der Waals surface area (Å²) < 4.78 is 27.0. The van der Waals surface area contributed by atoms with Gasteiger partial charge in [0, 0.05) is 11.8 Å². The van der Waals surface area contributed by atoms with Crippen LogP contribution in [-0.2, 0) is 16.6 Å². The fourth-order valence-electron chi connectivity index (χ4n) is 1.57. The lowest BCUT2D eigenvalue weighted by molar-refractivity contribution is 0.580. The van der Waals surface area contributed by atoms with Gasteiger partial charge < -0.3 is 5.73 Å². The zero-order valence-electron chi connectivity index (χ0n) is 10.4. The molecule has 0 saturated heterocycles. The second-order valence-corrected chi connectivity index (χ2v) is 6.06. The summed E-state index contributed by atoms with van der Waals surface area (Å²) in [6.07, 6.45) is 2.90. The molecule has 0 spiro atoms. The van der Waals surface area contributed by atoms with Gasteiger partial charge in [-0.05, 0) is 12.1 Å². The molecule has 1 aromatic carbocycles. The number of nitrogens with zero attached hydrogens (tertiary/aromatic N) is 2. The highest BCUT2D eigenvalue weighted by Gasteiger charge is 2.19. The average Bonchev–Trinajstić information content (AvgIpc) is 2.46. The van der Waals surface area contributed by atoms with Crippen molar-refractivity contribution >= 4 is 27.2 Å². The second kappa shape index (κ2) is 6.04. The molecule has 3 N–H and O–H groups in total. The standard InChI is InChI=1S/C12H12N4O2S2/c13-12(19)10-3-1-2-4-11(10)20(17,18)16-7-9-5-6-14-8-15-9/h1-6,8,16H,7H2,(H2,13,19). The first-order chi connectivity index (χ1) is 9.50. The highest BCUT2D eigenvalue weighted by Crippen LogP contribution is 2.15. The number of aromatic nitrogens is 2. The Labute approximate surface area is 122 Å². The highest BCUT2D eigenvalue weighted by molar-refractivity contribution is 7.89. The third kappa shape index (κ3) is 3.35. The van der Waals surface area contributed by atoms with Crippen LogP contribution in [0.2, 0.25) is 0 Å². The summed E-state index contributed by atoms with van der Waals surface area (Å²) in [4.78, 5) is 7.80. The predicted molar refractivity (Wildman–Crippen MR) is 78.4 cm³/mol. The Kier molecular flexibility index (Phi) is 4.38. The Morgan fingerprint density at radius 3 is 2.70 bits per heavy atom. The number of hydrogen-bond donors (Lipinski definition) is 2. The molecule has 20 heavy (non-hydrogen) atoms. The second-order valence-electron chi connectivity index (χ2n) is 3.89. The van der Waals surface area contributed by atoms with E-state index in [4.69, 9.17) is 18.0 Å². The average molecular weight is 308 g/mol. The third-order valence-electron chi connectivity index (χ3n) is 2.53. The molecule has 0 aliphatic carbocycles. The first-order valence-electron chi connectivity index (χ1n) is 5.64. The maximum atomic E-state index is 12.3. The van der Waals surface area contributed by atoms with Crippen LogP contribution in [0.5, 0.6) is 0 Å². The van der Waals surface area contributed by atoms with Crippen molar-refractivity contribution < 1.29 is 8.42 Å². The van der Waals surface area contributed by atoms with E-state index in [-0.39, 0.29) is 16.4 Å². The van der Waals surface area contributed by atoms with E-state index in [0.29, 0.717) is 11.3 Å². The van der Waals surface area contributed by atoms with E-state index in [1.807, 2.05) is 0 Å². The summed E-state index contributed by atoms with van der Waals surface area (Å²) in [5.74, 6) is 0. The number of nitrogens with one attached hydrogen (secondary N) is 1. The van der Waals surface area contributed by atoms with Gasteiger partial charge in [-0.15, -0.1) is 0 Å². The Hall–Kier alpha value is -1.90. The van der Waals surface area contributed by atoms with E-state index in [2.05, 4.69) is 14.7 Å². The number of hydrogen-bond acceptors (Lipinski definition) is 5. The van der Waals surface area contributed by atoms with Crippen LogP contribution in [0.1, 0.15) is 11.3 Å². The van der Waals surface area contributed by atoms with Gasteiger partial charge in [0.25, 0.3) is 0 Å². The van der Waals surface area contributed by atoms with Crippen LogP contribution in [0, 0.1) is 0 Å². The minimum atomic E-state index is -3.71. The molecule has 104 valence electrons. The SMILES string of the molecule is NC(=S)c1ccccc1S(=O)(=O)NCc1ccncn1. The highest BCUT2D eigenvalue weighted by atomic mass is 32.2. The summed E-state index contributed by atoms with van der Waals surface area (Å²) in [7, 11) is -3.71. The van der Waals surface area contributed by atoms with E-state index in [1.165, 1.54) is 12.4 Å². The van der Waals surface area contributed by atoms with Gasteiger partial charge in [0.2, 0.25) is 10.0 Å². The van der Waals surface area contributed by atoms with Crippen LogP contribution in [0.25, 0.3) is 0 Å². The topological polar surface area (TPSA) is 98.0 Å². The molecule has 2 rings (SSSR count). The van der Waals surface area contributed by atoms with Crippen LogP contribution in [0.4, 0.5) is 0 Å². The molecule has 1 heterocycles. The van der Waals surface area contributed by atoms with Gasteiger partial charge in [-0.2, -0.15) is 0 Å². The zero-order chi connectivity index (χ0) is 14.6. The van der Waals surface area contributed by atoms with Gasteiger partial charge in [0.05, 0.1) is 17.1 Å². The number of benzene rings is 1. The fraction of sp³-hybridized carbons (Fsp3) is 0.0833. The Balaban J connectivity index is 2.25. The van der Waals surface area contributed by atoms with Crippen molar-refractivity contribution in [1.29, 1.82) is 0 Å². The van der Waals surface area contributed by atoms with Crippen molar-refractivity contribution in [1.82, 2.24) is 14.7 Å². The zero-order valence-corrected chi connectivity index (χ0v) is 12.0. The fourth-order valence-corrected chi connectivity index (χ4v) is 3.04. The van der Waals surface area contributed by atoms with Gasteiger partial charge in [-0.1, -0.05) is 30.4 Å². The van der Waals surface area contributed by atoms with Gasteiger partial charge in [0.15, 0.2) is 0 Å². The monoisotopic (exact) mass is 308 g/mol. The summed E-state index contributed by atoms with van der Waals surface area (Å²) in [5.41, 5.74) is 6.42. The van der Waals surface area contributed by atoms with Gasteiger partial charge in [-0.25, -0.2) is 23.1 Å². The molecule has 2 aromatic rings. The smallest absolute Gasteiger partial charge is 0.241 e. The first kappa shape index (κ1) is 14.5. The van der Waals surface area contributed by atoms with Gasteiger partial charge in [0.1, 0.15) is 11.3 Å². The summed E-state index contributed by atoms with van der Waals surface area (Å²) >= 11 is 4.86. The van der Waals surface area contributed by atoms with Gasteiger partial charge in [-0.3, -0.25) is 0 Å². The Morgan fingerprint density at radius 2 is 2.05 bits per heavy atom. The molecule has 0 amide bonds. The molecule has 1 aromatic heterocycles. The Bertz CT molecular complexity index is 717. The van der Waals surface area contributed by atoms with Crippen molar-refractivity contribution in [3.8, 4) is 0 Å². The van der Waals surface area contributed by atoms with Crippen molar-refractivity contribution in [3.63, 3.8) is 0 Å². The lowest BCUT2D eigenvalue weighted by atomic mass is 10.2. The van der Waals surface area contributed by atoms with Crippen molar-refractivity contribution in [2.75, 3.05) is 0 Å². The first-order valence-corrected chi connectivity index (χ1v) is 7.53. The summed E-state index contributed by atoms with van der Waals surface area (Å²) in [5, 5.41) is 0. The molecule has 0 radical (unpaired) electrons. The molecular weight excluding hydrogens is 296 g/mol. The molecule has 0 fully saturated rings. The van der Waals surface area contributed by atoms with E-state index >= 15 is 0 Å². The number of thiocarbonyl (C=S) groups is 1. The molecule has 6 nitrogen and oxygen atoms in total. The van der Waals surface area contributed by atoms with Gasteiger partial charge >= 0.3 is 0 Å². The van der Waals surface area contributed by atoms with E-state index in [1.54, 1.807) is 30.5 Å². The van der Waals surface area contributed by atoms with E-state index < -0.39 is 10.0 Å². The summed E-state index contributed by atoms with van der Waals surface area (Å²) in [6, 6.07) is 7.94. The van der Waals surface area contributed by atoms with Crippen molar-refractivity contribution in [2.45, 2.75) is 11.4 Å². The molecule has 0 saturated carbocycles. The molecule has 0 atom stereocenters. The number of sulfonamides is 1. The lowest BCUT2D eigenvalue weighted by Crippen LogP contribution is -2.26. The minimum absolute atomic E-state index is 0.0352. The van der Waals surface area contributed by atoms with Crippen LogP contribution >= 0.6 is 12.2 Å². The van der Waals surface area contributed by atoms with Crippen molar-refractivity contribution in [2.24, 2.45) is 5.73 Å². The minimum Gasteiger partial charge on any atom is -0.389 e. The van der Waals surface area contributed by atoms with Crippen molar-refractivity contribution in [3.05, 3.63) is 54.1 Å². The molecule has 0 bridgehead atoms. The normalized spacial score (nSPS) is 11.2. The third-order valence-corrected chi connectivity index (χ3v) is 4.21. The number of rotatable bonds is 5. The van der Waals surface area contributed by atoms with Crippen LogP contribution < -0.4 is 10.5 Å². The Morgan fingerprint density at radius 1 is 1.30 bits per heavy atom. The van der Waals surface area contributed by atoms with Crippen LogP contribution in [0.15, 0.2) is 47.8 Å². The van der Waals surface area contributed by atoms with E-state index in [0.717, 1.165) is 0 Å². The van der Waals surface area contributed by atoms with Crippen LogP contribution in [-0.4, -0.2) is 23.4 Å². The molecule has 0 aliphatic heterocycles. The molecule has 0 unspecified atom stereocenters. The molecule has 0 aliphatic rings. The van der Waals surface area contributed by atoms with E-state index in [9.17, 15) is 8.42 Å². The lowest BCUT2D eigenvalue weighted by Gasteiger charge is -2.10. The van der Waals surface area contributed by atoms with Crippen LogP contribution in [0.3, 0.4) is 0 Å². The predicted octanol–water partition coefficient (Wildman–Crippen LogP) is 0.589. The maximum absolute atomic E-state index is 12.3. The quantitative estimate of drug-likeness (QED) is 0.785.